The van der Waals surface area contributed by atoms with Crippen LogP contribution < -0.4 is 0 Å². The van der Waals surface area contributed by atoms with Gasteiger partial charge in [-0.15, -0.1) is 0 Å². The Bertz CT molecular complexity index is 404. The molecule has 0 saturated heterocycles. The monoisotopic (exact) mass is 310 g/mol. The molecule has 0 amide bonds. The maximum Gasteiger partial charge on any atom is 0.416 e. The summed E-state index contributed by atoms with van der Waals surface area (Å²) in [5, 5.41) is 0. The Morgan fingerprint density at radius 1 is 1.47 bits per heavy atom. The number of hydrogen-bond donors (Lipinski definition) is 0. The third kappa shape index (κ3) is 4.38. The number of ether oxygens (including phenoxy) is 1. The molecule has 1 rings (SSSR count). The van der Waals surface area contributed by atoms with E-state index in [4.69, 9.17) is 4.74 Å². The molecule has 1 aromatic carbocycles. The van der Waals surface area contributed by atoms with E-state index in [-0.39, 0.29) is 6.61 Å². The molecule has 0 heterocycles. The molecule has 0 aliphatic rings. The molecule has 0 radical (unpaired) electrons. The Labute approximate surface area is 105 Å². The van der Waals surface area contributed by atoms with Gasteiger partial charge in [0.1, 0.15) is 6.61 Å². The van der Waals surface area contributed by atoms with Crippen LogP contribution in [-0.2, 0) is 15.7 Å². The number of hydrogen-bond acceptors (Lipinski definition) is 2. The Morgan fingerprint density at radius 3 is 2.65 bits per heavy atom. The van der Waals surface area contributed by atoms with Crippen LogP contribution in [0.4, 0.5) is 13.2 Å². The van der Waals surface area contributed by atoms with Crippen molar-refractivity contribution in [3.8, 4) is 0 Å². The Morgan fingerprint density at radius 2 is 2.12 bits per heavy atom. The Kier molecular flexibility index (Phi) is 4.56. The van der Waals surface area contributed by atoms with Crippen molar-refractivity contribution < 1.29 is 22.7 Å². The zero-order valence-electron chi connectivity index (χ0n) is 8.92. The van der Waals surface area contributed by atoms with Crippen LogP contribution in [0.1, 0.15) is 22.9 Å². The van der Waals surface area contributed by atoms with E-state index in [9.17, 15) is 18.0 Å². The first-order valence-electron chi connectivity index (χ1n) is 4.75. The molecule has 0 fully saturated rings. The van der Waals surface area contributed by atoms with Crippen LogP contribution >= 0.6 is 15.9 Å². The highest BCUT2D eigenvalue weighted by Gasteiger charge is 2.30. The minimum Gasteiger partial charge on any atom is -0.464 e. The van der Waals surface area contributed by atoms with Crippen LogP contribution in [0.2, 0.25) is 0 Å². The molecule has 0 aliphatic carbocycles. The summed E-state index contributed by atoms with van der Waals surface area (Å²) in [4.78, 5) is 10.1. The highest BCUT2D eigenvalue weighted by Crippen LogP contribution is 2.32. The maximum atomic E-state index is 12.4. The minimum absolute atomic E-state index is 0.00333. The quantitative estimate of drug-likeness (QED) is 0.628. The van der Waals surface area contributed by atoms with Crippen LogP contribution in [0.5, 0.6) is 0 Å². The number of carbonyl (C=O) groups is 1. The molecule has 0 aliphatic heterocycles. The predicted molar refractivity (Wildman–Crippen MR) is 59.7 cm³/mol. The first kappa shape index (κ1) is 14.0. The van der Waals surface area contributed by atoms with E-state index in [0.29, 0.717) is 5.56 Å². The van der Waals surface area contributed by atoms with Gasteiger partial charge in [0.2, 0.25) is 0 Å². The summed E-state index contributed by atoms with van der Waals surface area (Å²) in [5.74, 6) is -0.471. The Hall–Kier alpha value is -1.04. The van der Waals surface area contributed by atoms with Crippen LogP contribution in [0.15, 0.2) is 24.3 Å². The number of benzene rings is 1. The van der Waals surface area contributed by atoms with E-state index >= 15 is 0 Å². The van der Waals surface area contributed by atoms with Crippen molar-refractivity contribution in [1.29, 1.82) is 0 Å². The van der Waals surface area contributed by atoms with Gasteiger partial charge in [-0.25, -0.2) is 0 Å². The lowest BCUT2D eigenvalue weighted by Gasteiger charge is -2.13. The normalized spacial score (nSPS) is 13.2. The molecule has 0 spiro atoms. The van der Waals surface area contributed by atoms with E-state index in [2.05, 4.69) is 15.9 Å². The molecule has 2 nitrogen and oxygen atoms in total. The minimum atomic E-state index is -4.37. The summed E-state index contributed by atoms with van der Waals surface area (Å²) in [5.41, 5.74) is -0.302. The number of rotatable bonds is 3. The van der Waals surface area contributed by atoms with Gasteiger partial charge in [0.05, 0.1) is 10.4 Å². The van der Waals surface area contributed by atoms with Crippen molar-refractivity contribution in [2.45, 2.75) is 17.9 Å². The smallest absolute Gasteiger partial charge is 0.416 e. The zero-order chi connectivity index (χ0) is 13.1. The lowest BCUT2D eigenvalue weighted by molar-refractivity contribution is -0.141. The van der Waals surface area contributed by atoms with Crippen molar-refractivity contribution in [3.63, 3.8) is 0 Å². The molecule has 0 aromatic heterocycles. The van der Waals surface area contributed by atoms with E-state index in [1.54, 1.807) is 0 Å². The van der Waals surface area contributed by atoms with Gasteiger partial charge in [-0.05, 0) is 11.6 Å². The van der Waals surface area contributed by atoms with E-state index in [1.165, 1.54) is 19.1 Å². The Balaban J connectivity index is 2.81. The fourth-order valence-corrected chi connectivity index (χ4v) is 1.61. The molecule has 1 unspecified atom stereocenters. The van der Waals surface area contributed by atoms with E-state index in [0.717, 1.165) is 12.1 Å². The molecule has 0 N–H and O–H groups in total. The van der Waals surface area contributed by atoms with Gasteiger partial charge in [0, 0.05) is 6.92 Å². The van der Waals surface area contributed by atoms with Crippen molar-refractivity contribution in [2.24, 2.45) is 0 Å². The van der Waals surface area contributed by atoms with Crippen molar-refractivity contribution >= 4 is 21.9 Å². The second-order valence-corrected chi connectivity index (χ2v) is 4.50. The second-order valence-electron chi connectivity index (χ2n) is 3.39. The third-order valence-corrected chi connectivity index (χ3v) is 2.80. The molecule has 17 heavy (non-hydrogen) atoms. The SMILES string of the molecule is CC(=O)OCC(Br)c1cccc(C(F)(F)F)c1. The predicted octanol–water partition coefficient (Wildman–Crippen LogP) is 3.70. The molecule has 1 atom stereocenters. The number of esters is 1. The first-order chi connectivity index (χ1) is 7.80. The van der Waals surface area contributed by atoms with Crippen LogP contribution in [0, 0.1) is 0 Å². The first-order valence-corrected chi connectivity index (χ1v) is 5.67. The van der Waals surface area contributed by atoms with Gasteiger partial charge in [-0.1, -0.05) is 34.1 Å². The van der Waals surface area contributed by atoms with Gasteiger partial charge in [-0.3, -0.25) is 4.79 Å². The fraction of sp³-hybridized carbons (Fsp3) is 0.364. The van der Waals surface area contributed by atoms with Crippen molar-refractivity contribution in [3.05, 3.63) is 35.4 Å². The second kappa shape index (κ2) is 5.53. The van der Waals surface area contributed by atoms with Crippen molar-refractivity contribution in [1.82, 2.24) is 0 Å². The van der Waals surface area contributed by atoms with E-state index in [1.807, 2.05) is 0 Å². The highest BCUT2D eigenvalue weighted by molar-refractivity contribution is 9.09. The highest BCUT2D eigenvalue weighted by atomic mass is 79.9. The lowest BCUT2D eigenvalue weighted by Crippen LogP contribution is -2.09. The number of carbonyl (C=O) groups excluding carboxylic acids is 1. The van der Waals surface area contributed by atoms with Crippen LogP contribution in [0.3, 0.4) is 0 Å². The summed E-state index contributed by atoms with van der Waals surface area (Å²) < 4.78 is 42.1. The molecule has 0 saturated carbocycles. The van der Waals surface area contributed by atoms with Gasteiger partial charge in [0.25, 0.3) is 0 Å². The molecule has 6 heteroatoms. The molecule has 0 bridgehead atoms. The maximum absolute atomic E-state index is 12.4. The average Bonchev–Trinajstić information content (AvgIpc) is 2.25. The van der Waals surface area contributed by atoms with Gasteiger partial charge in [0.15, 0.2) is 0 Å². The summed E-state index contributed by atoms with van der Waals surface area (Å²) in [6.07, 6.45) is -4.37. The van der Waals surface area contributed by atoms with Gasteiger partial charge < -0.3 is 4.74 Å². The average molecular weight is 311 g/mol. The molecule has 94 valence electrons. The fourth-order valence-electron chi connectivity index (χ4n) is 1.20. The number of halogens is 4. The zero-order valence-corrected chi connectivity index (χ0v) is 10.5. The van der Waals surface area contributed by atoms with Crippen LogP contribution in [-0.4, -0.2) is 12.6 Å². The molecular formula is C11H10BrF3O2. The van der Waals surface area contributed by atoms with Crippen LogP contribution in [0.25, 0.3) is 0 Å². The summed E-state index contributed by atoms with van der Waals surface area (Å²) in [7, 11) is 0. The standard InChI is InChI=1S/C11H10BrF3O2/c1-7(16)17-6-10(12)8-3-2-4-9(5-8)11(13,14)15/h2-5,10H,6H2,1H3. The largest absolute Gasteiger partial charge is 0.464 e. The third-order valence-electron chi connectivity index (χ3n) is 2.01. The summed E-state index contributed by atoms with van der Waals surface area (Å²) >= 11 is 3.17. The number of alkyl halides is 4. The summed E-state index contributed by atoms with van der Waals surface area (Å²) in [6.45, 7) is 1.24. The van der Waals surface area contributed by atoms with Crippen molar-refractivity contribution in [2.75, 3.05) is 6.61 Å². The molecule has 1 aromatic rings. The van der Waals surface area contributed by atoms with E-state index < -0.39 is 22.5 Å². The topological polar surface area (TPSA) is 26.3 Å². The van der Waals surface area contributed by atoms with Gasteiger partial charge >= 0.3 is 12.1 Å². The van der Waals surface area contributed by atoms with Gasteiger partial charge in [-0.2, -0.15) is 13.2 Å². The lowest BCUT2D eigenvalue weighted by atomic mass is 10.1. The molecular weight excluding hydrogens is 301 g/mol. The summed E-state index contributed by atoms with van der Waals surface area (Å²) in [6, 6.07) is 4.89.